The van der Waals surface area contributed by atoms with Gasteiger partial charge < -0.3 is 4.98 Å². The SMILES string of the molecule is O=c1[nH]c(CSc2cccc(F)c2)ncc1Br. The molecule has 0 amide bonds. The summed E-state index contributed by atoms with van der Waals surface area (Å²) in [5.74, 6) is 0.783. The first kappa shape index (κ1) is 12.3. The van der Waals surface area contributed by atoms with Crippen LogP contribution in [0, 0.1) is 5.82 Å². The molecule has 1 N–H and O–H groups in total. The zero-order valence-corrected chi connectivity index (χ0v) is 11.0. The fraction of sp³-hybridized carbons (Fsp3) is 0.0909. The predicted octanol–water partition coefficient (Wildman–Crippen LogP) is 2.96. The highest BCUT2D eigenvalue weighted by atomic mass is 79.9. The lowest BCUT2D eigenvalue weighted by Crippen LogP contribution is -2.10. The molecule has 0 unspecified atom stereocenters. The van der Waals surface area contributed by atoms with E-state index in [1.54, 1.807) is 6.07 Å². The Bertz CT molecular complexity index is 588. The van der Waals surface area contributed by atoms with E-state index in [0.29, 0.717) is 16.0 Å². The molecule has 0 aliphatic heterocycles. The van der Waals surface area contributed by atoms with Crippen molar-refractivity contribution in [2.75, 3.05) is 0 Å². The van der Waals surface area contributed by atoms with Crippen molar-refractivity contribution >= 4 is 27.7 Å². The third-order valence-electron chi connectivity index (χ3n) is 1.98. The predicted molar refractivity (Wildman–Crippen MR) is 68.5 cm³/mol. The lowest BCUT2D eigenvalue weighted by molar-refractivity contribution is 0.624. The largest absolute Gasteiger partial charge is 0.309 e. The number of nitrogens with zero attached hydrogens (tertiary/aromatic N) is 1. The Morgan fingerprint density at radius 2 is 2.29 bits per heavy atom. The highest BCUT2D eigenvalue weighted by Crippen LogP contribution is 2.21. The molecular formula is C11H8BrFN2OS. The zero-order valence-electron chi connectivity index (χ0n) is 8.61. The van der Waals surface area contributed by atoms with Crippen molar-refractivity contribution in [3.63, 3.8) is 0 Å². The Labute approximate surface area is 110 Å². The van der Waals surface area contributed by atoms with E-state index >= 15 is 0 Å². The van der Waals surface area contributed by atoms with Crippen LogP contribution in [0.4, 0.5) is 4.39 Å². The van der Waals surface area contributed by atoms with E-state index in [1.165, 1.54) is 30.1 Å². The van der Waals surface area contributed by atoms with Crippen molar-refractivity contribution in [2.45, 2.75) is 10.6 Å². The lowest BCUT2D eigenvalue weighted by atomic mass is 10.4. The molecule has 0 bridgehead atoms. The van der Waals surface area contributed by atoms with E-state index in [0.717, 1.165) is 4.90 Å². The van der Waals surface area contributed by atoms with Gasteiger partial charge in [-0.2, -0.15) is 0 Å². The van der Waals surface area contributed by atoms with Gasteiger partial charge in [0.05, 0.1) is 5.75 Å². The monoisotopic (exact) mass is 314 g/mol. The maximum Gasteiger partial charge on any atom is 0.265 e. The van der Waals surface area contributed by atoms with E-state index in [1.807, 2.05) is 6.07 Å². The van der Waals surface area contributed by atoms with Gasteiger partial charge in [-0.15, -0.1) is 11.8 Å². The molecule has 0 fully saturated rings. The summed E-state index contributed by atoms with van der Waals surface area (Å²) in [7, 11) is 0. The van der Waals surface area contributed by atoms with E-state index in [9.17, 15) is 9.18 Å². The molecule has 0 aliphatic carbocycles. The number of rotatable bonds is 3. The summed E-state index contributed by atoms with van der Waals surface area (Å²) in [4.78, 5) is 18.8. The number of hydrogen-bond acceptors (Lipinski definition) is 3. The molecular weight excluding hydrogens is 307 g/mol. The molecule has 2 rings (SSSR count). The van der Waals surface area contributed by atoms with E-state index < -0.39 is 0 Å². The molecule has 1 aromatic carbocycles. The highest BCUT2D eigenvalue weighted by Gasteiger charge is 2.01. The number of aromatic nitrogens is 2. The molecule has 6 heteroatoms. The summed E-state index contributed by atoms with van der Waals surface area (Å²) in [6, 6.07) is 6.30. The minimum absolute atomic E-state index is 0.213. The topological polar surface area (TPSA) is 45.8 Å². The molecule has 88 valence electrons. The Morgan fingerprint density at radius 1 is 1.47 bits per heavy atom. The first-order valence-electron chi connectivity index (χ1n) is 4.77. The van der Waals surface area contributed by atoms with Gasteiger partial charge in [-0.25, -0.2) is 9.37 Å². The van der Waals surface area contributed by atoms with Crippen LogP contribution in [0.2, 0.25) is 0 Å². The fourth-order valence-corrected chi connectivity index (χ4v) is 2.22. The van der Waals surface area contributed by atoms with Crippen molar-refractivity contribution < 1.29 is 4.39 Å². The van der Waals surface area contributed by atoms with Gasteiger partial charge in [0.2, 0.25) is 0 Å². The highest BCUT2D eigenvalue weighted by molar-refractivity contribution is 9.10. The number of aromatic amines is 1. The molecule has 0 aliphatic rings. The summed E-state index contributed by atoms with van der Waals surface area (Å²) >= 11 is 4.49. The maximum atomic E-state index is 12.9. The summed E-state index contributed by atoms with van der Waals surface area (Å²) in [5, 5.41) is 0. The molecule has 0 saturated carbocycles. The Kier molecular flexibility index (Phi) is 3.96. The second kappa shape index (κ2) is 5.46. The van der Waals surface area contributed by atoms with Crippen molar-refractivity contribution in [3.8, 4) is 0 Å². The van der Waals surface area contributed by atoms with Crippen molar-refractivity contribution in [3.05, 3.63) is 56.9 Å². The van der Waals surface area contributed by atoms with Crippen molar-refractivity contribution in [2.24, 2.45) is 0 Å². The van der Waals surface area contributed by atoms with Crippen LogP contribution in [0.3, 0.4) is 0 Å². The summed E-state index contributed by atoms with van der Waals surface area (Å²) in [5.41, 5.74) is -0.213. The van der Waals surface area contributed by atoms with Gasteiger partial charge in [-0.3, -0.25) is 4.79 Å². The number of nitrogens with one attached hydrogen (secondary N) is 1. The normalized spacial score (nSPS) is 10.5. The second-order valence-electron chi connectivity index (χ2n) is 3.25. The van der Waals surface area contributed by atoms with E-state index in [-0.39, 0.29) is 11.4 Å². The van der Waals surface area contributed by atoms with Gasteiger partial charge in [0.1, 0.15) is 16.1 Å². The summed E-state index contributed by atoms with van der Waals surface area (Å²) in [6.07, 6.45) is 1.46. The quantitative estimate of drug-likeness (QED) is 0.886. The third kappa shape index (κ3) is 3.41. The fourth-order valence-electron chi connectivity index (χ4n) is 1.20. The van der Waals surface area contributed by atoms with Crippen LogP contribution in [0.25, 0.3) is 0 Å². The Hall–Kier alpha value is -1.14. The van der Waals surface area contributed by atoms with Crippen LogP contribution in [-0.4, -0.2) is 9.97 Å². The second-order valence-corrected chi connectivity index (χ2v) is 5.16. The molecule has 0 radical (unpaired) electrons. The van der Waals surface area contributed by atoms with Crippen LogP contribution in [-0.2, 0) is 5.75 Å². The van der Waals surface area contributed by atoms with Gasteiger partial charge in [0, 0.05) is 11.1 Å². The Morgan fingerprint density at radius 3 is 3.00 bits per heavy atom. The molecule has 3 nitrogen and oxygen atoms in total. The van der Waals surface area contributed by atoms with Crippen LogP contribution in [0.1, 0.15) is 5.82 Å². The van der Waals surface area contributed by atoms with Crippen LogP contribution >= 0.6 is 27.7 Å². The molecule has 0 atom stereocenters. The minimum Gasteiger partial charge on any atom is -0.309 e. The molecule has 1 aromatic heterocycles. The number of halogens is 2. The van der Waals surface area contributed by atoms with Crippen LogP contribution in [0.5, 0.6) is 0 Å². The van der Waals surface area contributed by atoms with Crippen molar-refractivity contribution in [1.29, 1.82) is 0 Å². The molecule has 0 saturated heterocycles. The Balaban J connectivity index is 2.07. The number of thioether (sulfide) groups is 1. The summed E-state index contributed by atoms with van der Waals surface area (Å²) in [6.45, 7) is 0. The average Bonchev–Trinajstić information content (AvgIpc) is 2.31. The van der Waals surface area contributed by atoms with Gasteiger partial charge in [0.15, 0.2) is 0 Å². The zero-order chi connectivity index (χ0) is 12.3. The molecule has 2 aromatic rings. The van der Waals surface area contributed by atoms with Crippen molar-refractivity contribution in [1.82, 2.24) is 9.97 Å². The van der Waals surface area contributed by atoms with Gasteiger partial charge >= 0.3 is 0 Å². The minimum atomic E-state index is -0.271. The molecule has 17 heavy (non-hydrogen) atoms. The smallest absolute Gasteiger partial charge is 0.265 e. The van der Waals surface area contributed by atoms with Crippen LogP contribution < -0.4 is 5.56 Å². The van der Waals surface area contributed by atoms with Crippen LogP contribution in [0.15, 0.2) is 44.6 Å². The average molecular weight is 315 g/mol. The standard InChI is InChI=1S/C11H8BrFN2OS/c12-9-5-14-10(15-11(9)16)6-17-8-3-1-2-7(13)4-8/h1-5H,6H2,(H,14,15,16). The maximum absolute atomic E-state index is 12.9. The molecule has 1 heterocycles. The lowest BCUT2D eigenvalue weighted by Gasteiger charge is -2.01. The van der Waals surface area contributed by atoms with E-state index in [2.05, 4.69) is 25.9 Å². The summed E-state index contributed by atoms with van der Waals surface area (Å²) < 4.78 is 13.3. The number of benzene rings is 1. The van der Waals surface area contributed by atoms with Gasteiger partial charge in [0.25, 0.3) is 5.56 Å². The molecule has 0 spiro atoms. The first-order valence-corrected chi connectivity index (χ1v) is 6.55. The number of H-pyrrole nitrogens is 1. The van der Waals surface area contributed by atoms with Gasteiger partial charge in [-0.05, 0) is 34.1 Å². The first-order chi connectivity index (χ1) is 8.15. The van der Waals surface area contributed by atoms with E-state index in [4.69, 9.17) is 0 Å². The van der Waals surface area contributed by atoms with Gasteiger partial charge in [-0.1, -0.05) is 6.07 Å². The number of hydrogen-bond donors (Lipinski definition) is 1. The third-order valence-corrected chi connectivity index (χ3v) is 3.55.